The Hall–Kier alpha value is -2.42. The Morgan fingerprint density at radius 1 is 1.00 bits per heavy atom. The lowest BCUT2D eigenvalue weighted by atomic mass is 10.2. The van der Waals surface area contributed by atoms with Gasteiger partial charge < -0.3 is 14.0 Å². The molecule has 0 spiro atoms. The number of hydrogen-bond acceptors (Lipinski definition) is 2. The molecule has 3 rings (SSSR count). The van der Waals surface area contributed by atoms with Gasteiger partial charge in [-0.1, -0.05) is 30.3 Å². The maximum atomic E-state index is 5.91. The number of methoxy groups -OCH3 is 1. The van der Waals surface area contributed by atoms with Gasteiger partial charge in [-0.15, -0.1) is 0 Å². The fraction of sp³-hybridized carbons (Fsp3) is 0.176. The monoisotopic (exact) mass is 267 g/mol. The number of aryl methyl sites for hydroxylation is 1. The van der Waals surface area contributed by atoms with Gasteiger partial charge in [-0.2, -0.15) is 0 Å². The maximum absolute atomic E-state index is 5.91. The third-order valence-electron chi connectivity index (χ3n) is 3.41. The molecule has 3 nitrogen and oxygen atoms in total. The van der Waals surface area contributed by atoms with Gasteiger partial charge in [-0.3, -0.25) is 0 Å². The fourth-order valence-electron chi connectivity index (χ4n) is 2.28. The molecule has 0 N–H and O–H groups in total. The van der Waals surface area contributed by atoms with E-state index in [0.717, 1.165) is 28.0 Å². The first-order valence-electron chi connectivity index (χ1n) is 6.58. The molecule has 0 saturated carbocycles. The van der Waals surface area contributed by atoms with Crippen LogP contribution in [0.15, 0.2) is 54.7 Å². The summed E-state index contributed by atoms with van der Waals surface area (Å²) >= 11 is 0. The molecule has 102 valence electrons. The van der Waals surface area contributed by atoms with E-state index in [2.05, 4.69) is 10.6 Å². The smallest absolute Gasteiger partial charge is 0.163 e. The number of hydrogen-bond donors (Lipinski definition) is 0. The highest BCUT2D eigenvalue weighted by Crippen LogP contribution is 2.33. The molecule has 0 aliphatic heterocycles. The van der Waals surface area contributed by atoms with Crippen molar-refractivity contribution in [1.29, 1.82) is 0 Å². The molecule has 2 aromatic carbocycles. The standard InChI is InChI=1S/C17H17NO2/c1-18-9-8-14-10-16(19-2)17(11-15(14)18)20-12-13-6-4-3-5-7-13/h3-11H,12H2,1-2H3. The first-order chi connectivity index (χ1) is 9.78. The van der Waals surface area contributed by atoms with Crippen LogP contribution in [-0.2, 0) is 13.7 Å². The van der Waals surface area contributed by atoms with Crippen molar-refractivity contribution in [2.45, 2.75) is 6.61 Å². The third kappa shape index (κ3) is 2.35. The Balaban J connectivity index is 1.91. The number of aromatic nitrogens is 1. The van der Waals surface area contributed by atoms with Gasteiger partial charge in [-0.25, -0.2) is 0 Å². The van der Waals surface area contributed by atoms with Crippen LogP contribution in [0.2, 0.25) is 0 Å². The minimum Gasteiger partial charge on any atom is -0.493 e. The van der Waals surface area contributed by atoms with Crippen LogP contribution >= 0.6 is 0 Å². The summed E-state index contributed by atoms with van der Waals surface area (Å²) in [6.45, 7) is 0.535. The minimum atomic E-state index is 0.535. The molecular formula is C17H17NO2. The summed E-state index contributed by atoms with van der Waals surface area (Å²) in [6, 6.07) is 16.2. The van der Waals surface area contributed by atoms with E-state index in [9.17, 15) is 0 Å². The summed E-state index contributed by atoms with van der Waals surface area (Å²) in [6.07, 6.45) is 2.03. The van der Waals surface area contributed by atoms with E-state index in [0.29, 0.717) is 6.61 Å². The lowest BCUT2D eigenvalue weighted by Crippen LogP contribution is -1.98. The summed E-state index contributed by atoms with van der Waals surface area (Å²) in [4.78, 5) is 0. The Labute approximate surface area is 118 Å². The molecule has 0 amide bonds. The van der Waals surface area contributed by atoms with Crippen LogP contribution in [0.4, 0.5) is 0 Å². The molecule has 1 heterocycles. The summed E-state index contributed by atoms with van der Waals surface area (Å²) in [7, 11) is 3.69. The van der Waals surface area contributed by atoms with E-state index in [1.165, 1.54) is 0 Å². The topological polar surface area (TPSA) is 23.4 Å². The highest BCUT2D eigenvalue weighted by molar-refractivity contribution is 5.84. The van der Waals surface area contributed by atoms with Crippen molar-refractivity contribution >= 4 is 10.9 Å². The zero-order chi connectivity index (χ0) is 13.9. The van der Waals surface area contributed by atoms with E-state index in [1.54, 1.807) is 7.11 Å². The summed E-state index contributed by atoms with van der Waals surface area (Å²) in [5, 5.41) is 1.15. The predicted molar refractivity (Wildman–Crippen MR) is 80.2 cm³/mol. The highest BCUT2D eigenvalue weighted by Gasteiger charge is 2.09. The molecule has 0 aliphatic carbocycles. The second kappa shape index (κ2) is 5.29. The van der Waals surface area contributed by atoms with Crippen LogP contribution in [0.25, 0.3) is 10.9 Å². The van der Waals surface area contributed by atoms with Gasteiger partial charge in [0, 0.05) is 24.7 Å². The number of benzene rings is 2. The van der Waals surface area contributed by atoms with Crippen molar-refractivity contribution in [2.75, 3.05) is 7.11 Å². The molecule has 0 saturated heterocycles. The van der Waals surface area contributed by atoms with Crippen LogP contribution in [0.1, 0.15) is 5.56 Å². The first kappa shape index (κ1) is 12.6. The lowest BCUT2D eigenvalue weighted by Gasteiger charge is -2.11. The lowest BCUT2D eigenvalue weighted by molar-refractivity contribution is 0.285. The van der Waals surface area contributed by atoms with E-state index in [4.69, 9.17) is 9.47 Å². The van der Waals surface area contributed by atoms with Crippen molar-refractivity contribution in [2.24, 2.45) is 7.05 Å². The van der Waals surface area contributed by atoms with Crippen molar-refractivity contribution in [3.63, 3.8) is 0 Å². The van der Waals surface area contributed by atoms with Gasteiger partial charge in [-0.05, 0) is 17.7 Å². The normalized spacial score (nSPS) is 10.7. The number of fused-ring (bicyclic) bond motifs is 1. The van der Waals surface area contributed by atoms with Gasteiger partial charge in [0.2, 0.25) is 0 Å². The van der Waals surface area contributed by atoms with Gasteiger partial charge in [0.25, 0.3) is 0 Å². The van der Waals surface area contributed by atoms with E-state index >= 15 is 0 Å². The maximum Gasteiger partial charge on any atom is 0.163 e. The summed E-state index contributed by atoms with van der Waals surface area (Å²) in [5.74, 6) is 1.53. The fourth-order valence-corrected chi connectivity index (χ4v) is 2.28. The molecule has 3 aromatic rings. The molecule has 0 unspecified atom stereocenters. The minimum absolute atomic E-state index is 0.535. The number of nitrogens with zero attached hydrogens (tertiary/aromatic N) is 1. The first-order valence-corrected chi connectivity index (χ1v) is 6.58. The average molecular weight is 267 g/mol. The van der Waals surface area contributed by atoms with Gasteiger partial charge >= 0.3 is 0 Å². The number of ether oxygens (including phenoxy) is 2. The SMILES string of the molecule is COc1cc2ccn(C)c2cc1OCc1ccccc1. The number of rotatable bonds is 4. The molecule has 0 bridgehead atoms. The van der Waals surface area contributed by atoms with Crippen LogP contribution in [0.5, 0.6) is 11.5 Å². The molecular weight excluding hydrogens is 250 g/mol. The molecule has 20 heavy (non-hydrogen) atoms. The third-order valence-corrected chi connectivity index (χ3v) is 3.41. The van der Waals surface area contributed by atoms with Crippen LogP contribution in [0, 0.1) is 0 Å². The quantitative estimate of drug-likeness (QED) is 0.718. The molecule has 3 heteroatoms. The van der Waals surface area contributed by atoms with Crippen molar-refractivity contribution in [3.05, 3.63) is 60.3 Å². The Morgan fingerprint density at radius 3 is 2.55 bits per heavy atom. The van der Waals surface area contributed by atoms with E-state index in [1.807, 2.05) is 55.7 Å². The molecule has 0 fully saturated rings. The second-order valence-electron chi connectivity index (χ2n) is 4.76. The Bertz CT molecular complexity index is 716. The van der Waals surface area contributed by atoms with E-state index in [-0.39, 0.29) is 0 Å². The summed E-state index contributed by atoms with van der Waals surface area (Å²) < 4.78 is 13.4. The summed E-state index contributed by atoms with van der Waals surface area (Å²) in [5.41, 5.74) is 2.27. The Kier molecular flexibility index (Phi) is 3.33. The highest BCUT2D eigenvalue weighted by atomic mass is 16.5. The largest absolute Gasteiger partial charge is 0.493 e. The zero-order valence-corrected chi connectivity index (χ0v) is 11.7. The molecule has 1 aromatic heterocycles. The van der Waals surface area contributed by atoms with Crippen molar-refractivity contribution in [1.82, 2.24) is 4.57 Å². The van der Waals surface area contributed by atoms with Gasteiger partial charge in [0.05, 0.1) is 12.6 Å². The molecule has 0 radical (unpaired) electrons. The van der Waals surface area contributed by atoms with Crippen LogP contribution in [-0.4, -0.2) is 11.7 Å². The Morgan fingerprint density at radius 2 is 1.80 bits per heavy atom. The average Bonchev–Trinajstić information content (AvgIpc) is 2.86. The van der Waals surface area contributed by atoms with Gasteiger partial charge in [0.15, 0.2) is 11.5 Å². The predicted octanol–water partition coefficient (Wildman–Crippen LogP) is 3.77. The van der Waals surface area contributed by atoms with E-state index < -0.39 is 0 Å². The zero-order valence-electron chi connectivity index (χ0n) is 11.7. The van der Waals surface area contributed by atoms with Crippen LogP contribution < -0.4 is 9.47 Å². The molecule has 0 atom stereocenters. The molecule has 0 aliphatic rings. The second-order valence-corrected chi connectivity index (χ2v) is 4.76. The van der Waals surface area contributed by atoms with Crippen molar-refractivity contribution < 1.29 is 9.47 Å². The van der Waals surface area contributed by atoms with Crippen LogP contribution in [0.3, 0.4) is 0 Å². The van der Waals surface area contributed by atoms with Crippen molar-refractivity contribution in [3.8, 4) is 11.5 Å². The van der Waals surface area contributed by atoms with Gasteiger partial charge in [0.1, 0.15) is 6.61 Å².